The molecule has 0 saturated heterocycles. The normalized spacial score (nSPS) is 15.4. The number of pyridine rings is 1. The largest absolute Gasteiger partial charge is 0.489 e. The first-order chi connectivity index (χ1) is 13.0. The molecule has 7 nitrogen and oxygen atoms in total. The summed E-state index contributed by atoms with van der Waals surface area (Å²) >= 11 is 1.09. The Kier molecular flexibility index (Phi) is 6.81. The van der Waals surface area contributed by atoms with Crippen LogP contribution < -0.4 is 14.8 Å². The molecule has 1 saturated carbocycles. The van der Waals surface area contributed by atoms with E-state index >= 15 is 0 Å². The van der Waals surface area contributed by atoms with Crippen molar-refractivity contribution in [3.63, 3.8) is 0 Å². The van der Waals surface area contributed by atoms with E-state index in [1.54, 1.807) is 29.8 Å². The van der Waals surface area contributed by atoms with Gasteiger partial charge in [-0.3, -0.25) is 4.79 Å². The molecule has 0 aromatic carbocycles. The van der Waals surface area contributed by atoms with E-state index in [1.807, 2.05) is 0 Å². The number of hydrogen-bond acceptors (Lipinski definition) is 6. The maximum absolute atomic E-state index is 12.2. The summed E-state index contributed by atoms with van der Waals surface area (Å²) in [7, 11) is -3.68. The van der Waals surface area contributed by atoms with E-state index < -0.39 is 15.9 Å². The molecule has 2 N–H and O–H groups in total. The van der Waals surface area contributed by atoms with Gasteiger partial charge in [0.25, 0.3) is 10.0 Å². The first-order valence-corrected chi connectivity index (χ1v) is 11.3. The van der Waals surface area contributed by atoms with Crippen LogP contribution >= 0.6 is 11.3 Å². The van der Waals surface area contributed by atoms with Gasteiger partial charge in [-0.2, -0.15) is 0 Å². The molecule has 2 heterocycles. The van der Waals surface area contributed by atoms with E-state index in [0.29, 0.717) is 24.1 Å². The highest BCUT2D eigenvalue weighted by molar-refractivity contribution is 7.91. The second-order valence-corrected chi connectivity index (χ2v) is 9.41. The summed E-state index contributed by atoms with van der Waals surface area (Å²) in [5.41, 5.74) is 0. The third kappa shape index (κ3) is 5.75. The molecule has 0 bridgehead atoms. The lowest BCUT2D eigenvalue weighted by Crippen LogP contribution is -2.32. The molecule has 3 rings (SSSR count). The lowest BCUT2D eigenvalue weighted by Gasteiger charge is -2.22. The molecule has 9 heteroatoms. The molecule has 27 heavy (non-hydrogen) atoms. The molecule has 0 radical (unpaired) electrons. The van der Waals surface area contributed by atoms with Crippen molar-refractivity contribution in [2.45, 2.75) is 36.3 Å². The monoisotopic (exact) mass is 409 g/mol. The summed E-state index contributed by atoms with van der Waals surface area (Å²) in [6.45, 7) is 0.221. The first-order valence-electron chi connectivity index (χ1n) is 8.95. The molecule has 1 aliphatic rings. The van der Waals surface area contributed by atoms with Gasteiger partial charge in [-0.25, -0.2) is 18.1 Å². The topological polar surface area (TPSA) is 97.4 Å². The van der Waals surface area contributed by atoms with Gasteiger partial charge in [-0.1, -0.05) is 25.3 Å². The Balaban J connectivity index is 1.54. The molecule has 2 aromatic rings. The zero-order valence-corrected chi connectivity index (χ0v) is 16.5. The van der Waals surface area contributed by atoms with Gasteiger partial charge in [0.1, 0.15) is 4.21 Å². The van der Waals surface area contributed by atoms with E-state index in [2.05, 4.69) is 15.0 Å². The number of aromatic nitrogens is 1. The van der Waals surface area contributed by atoms with Crippen LogP contribution in [0.25, 0.3) is 0 Å². The fourth-order valence-corrected chi connectivity index (χ4v) is 5.01. The van der Waals surface area contributed by atoms with Crippen molar-refractivity contribution in [3.8, 4) is 5.75 Å². The zero-order chi connectivity index (χ0) is 19.1. The first kappa shape index (κ1) is 19.8. The van der Waals surface area contributed by atoms with Gasteiger partial charge in [-0.15, -0.1) is 11.3 Å². The number of carbonyl (C=O) groups is 1. The van der Waals surface area contributed by atoms with Crippen LogP contribution in [0.15, 0.2) is 40.1 Å². The number of ether oxygens (including phenoxy) is 1. The third-order valence-corrected chi connectivity index (χ3v) is 7.21. The maximum atomic E-state index is 12.2. The van der Waals surface area contributed by atoms with Crippen LogP contribution in [0.2, 0.25) is 0 Å². The van der Waals surface area contributed by atoms with Gasteiger partial charge in [0.15, 0.2) is 11.6 Å². The maximum Gasteiger partial charge on any atom is 0.250 e. The summed E-state index contributed by atoms with van der Waals surface area (Å²) in [6.07, 6.45) is 7.62. The predicted molar refractivity (Wildman–Crippen MR) is 104 cm³/mol. The van der Waals surface area contributed by atoms with E-state index in [0.717, 1.165) is 24.2 Å². The minimum Gasteiger partial charge on any atom is -0.489 e. The van der Waals surface area contributed by atoms with Crippen LogP contribution in [0.5, 0.6) is 5.75 Å². The van der Waals surface area contributed by atoms with Crippen molar-refractivity contribution in [2.24, 2.45) is 5.92 Å². The highest BCUT2D eigenvalue weighted by atomic mass is 32.2. The summed E-state index contributed by atoms with van der Waals surface area (Å²) in [4.78, 5) is 16.3. The van der Waals surface area contributed by atoms with Crippen LogP contribution in [-0.4, -0.2) is 32.5 Å². The fraction of sp³-hybridized carbons (Fsp3) is 0.444. The summed E-state index contributed by atoms with van der Waals surface area (Å²) in [5, 5.41) is 4.28. The Bertz CT molecular complexity index is 847. The second-order valence-electron chi connectivity index (χ2n) is 6.47. The number of nitrogens with one attached hydrogen (secondary N) is 2. The van der Waals surface area contributed by atoms with E-state index in [4.69, 9.17) is 4.74 Å². The lowest BCUT2D eigenvalue weighted by atomic mass is 9.90. The minimum atomic E-state index is -3.68. The number of thiophene rings is 1. The van der Waals surface area contributed by atoms with Gasteiger partial charge in [0.05, 0.1) is 13.2 Å². The van der Waals surface area contributed by atoms with Crippen molar-refractivity contribution in [1.29, 1.82) is 0 Å². The molecule has 0 aliphatic heterocycles. The van der Waals surface area contributed by atoms with E-state index in [9.17, 15) is 13.2 Å². The molecule has 1 aliphatic carbocycles. The summed E-state index contributed by atoms with van der Waals surface area (Å²) in [6, 6.07) is 6.62. The van der Waals surface area contributed by atoms with Crippen molar-refractivity contribution >= 4 is 33.1 Å². The molecule has 0 spiro atoms. The number of hydrogen-bond donors (Lipinski definition) is 2. The number of anilines is 1. The number of nitrogens with zero attached hydrogens (tertiary/aromatic N) is 1. The summed E-state index contributed by atoms with van der Waals surface area (Å²) in [5.74, 6) is 0.822. The zero-order valence-electron chi connectivity index (χ0n) is 14.9. The average molecular weight is 410 g/mol. The second kappa shape index (κ2) is 9.29. The molecule has 1 fully saturated rings. The van der Waals surface area contributed by atoms with Crippen LogP contribution in [0.4, 0.5) is 5.82 Å². The number of amides is 1. The number of rotatable bonds is 8. The standard InChI is InChI=1S/C18H23N3O4S2/c22-16(12-20-27(23,24)17-9-5-11-26-17)21-18-15(8-4-10-19-18)25-13-14-6-2-1-3-7-14/h4-5,8-11,14,20H,1-3,6-7,12-13H2,(H,19,21,22). The predicted octanol–water partition coefficient (Wildman–Crippen LogP) is 3.02. The molecule has 0 atom stereocenters. The van der Waals surface area contributed by atoms with Gasteiger partial charge in [0.2, 0.25) is 5.91 Å². The highest BCUT2D eigenvalue weighted by Crippen LogP contribution is 2.27. The third-order valence-electron chi connectivity index (χ3n) is 4.41. The lowest BCUT2D eigenvalue weighted by molar-refractivity contribution is -0.115. The Morgan fingerprint density at radius 2 is 2.04 bits per heavy atom. The quantitative estimate of drug-likeness (QED) is 0.698. The SMILES string of the molecule is O=C(CNS(=O)(=O)c1cccs1)Nc1ncccc1OCC1CCCCC1. The van der Waals surface area contributed by atoms with Crippen molar-refractivity contribution in [2.75, 3.05) is 18.5 Å². The molecular formula is C18H23N3O4S2. The van der Waals surface area contributed by atoms with Crippen molar-refractivity contribution in [1.82, 2.24) is 9.71 Å². The highest BCUT2D eigenvalue weighted by Gasteiger charge is 2.18. The van der Waals surface area contributed by atoms with Crippen LogP contribution in [0.1, 0.15) is 32.1 Å². The molecule has 1 amide bonds. The minimum absolute atomic E-state index is 0.171. The van der Waals surface area contributed by atoms with Crippen LogP contribution in [-0.2, 0) is 14.8 Å². The van der Waals surface area contributed by atoms with Crippen molar-refractivity contribution < 1.29 is 17.9 Å². The average Bonchev–Trinajstić information content (AvgIpc) is 3.23. The molecule has 146 valence electrons. The number of sulfonamides is 1. The Morgan fingerprint density at radius 3 is 2.78 bits per heavy atom. The Morgan fingerprint density at radius 1 is 1.22 bits per heavy atom. The van der Waals surface area contributed by atoms with Gasteiger partial charge >= 0.3 is 0 Å². The summed E-state index contributed by atoms with van der Waals surface area (Å²) < 4.78 is 32.5. The molecular weight excluding hydrogens is 386 g/mol. The van der Waals surface area contributed by atoms with Crippen LogP contribution in [0, 0.1) is 5.92 Å². The molecule has 2 aromatic heterocycles. The number of carbonyl (C=O) groups excluding carboxylic acids is 1. The van der Waals surface area contributed by atoms with Crippen molar-refractivity contribution in [3.05, 3.63) is 35.8 Å². The fourth-order valence-electron chi connectivity index (χ4n) is 2.99. The van der Waals surface area contributed by atoms with Gasteiger partial charge in [-0.05, 0) is 42.3 Å². The van der Waals surface area contributed by atoms with Crippen LogP contribution in [0.3, 0.4) is 0 Å². The van der Waals surface area contributed by atoms with Gasteiger partial charge in [0, 0.05) is 6.20 Å². The Labute approximate surface area is 163 Å². The Hall–Kier alpha value is -1.97. The van der Waals surface area contributed by atoms with E-state index in [-0.39, 0.29) is 10.8 Å². The van der Waals surface area contributed by atoms with Gasteiger partial charge < -0.3 is 10.1 Å². The smallest absolute Gasteiger partial charge is 0.250 e. The van der Waals surface area contributed by atoms with E-state index in [1.165, 1.54) is 25.3 Å². The molecule has 0 unspecified atom stereocenters.